The summed E-state index contributed by atoms with van der Waals surface area (Å²) in [6, 6.07) is 8.86. The van der Waals surface area contributed by atoms with Gasteiger partial charge in [0.15, 0.2) is 5.52 Å². The topological polar surface area (TPSA) is 117 Å². The molecule has 0 atom stereocenters. The molecule has 2 aromatic heterocycles. The Morgan fingerprint density at radius 1 is 1.18 bits per heavy atom. The van der Waals surface area contributed by atoms with Gasteiger partial charge in [0.25, 0.3) is 0 Å². The number of hydrogen-bond donors (Lipinski definition) is 2. The molecule has 0 bridgehead atoms. The van der Waals surface area contributed by atoms with Gasteiger partial charge in [0.05, 0.1) is 11.2 Å². The van der Waals surface area contributed by atoms with Crippen LogP contribution in [0, 0.1) is 0 Å². The van der Waals surface area contributed by atoms with Gasteiger partial charge in [0.2, 0.25) is 17.7 Å². The number of hydrogen-bond acceptors (Lipinski definition) is 6. The second kappa shape index (κ2) is 7.59. The van der Waals surface area contributed by atoms with Crippen LogP contribution in [0.4, 0.5) is 5.95 Å². The van der Waals surface area contributed by atoms with E-state index in [0.29, 0.717) is 33.7 Å². The monoisotopic (exact) mass is 399 g/mol. The second-order valence-electron chi connectivity index (χ2n) is 7.04. The molecule has 146 valence electrons. The van der Waals surface area contributed by atoms with Gasteiger partial charge in [-0.3, -0.25) is 4.79 Å². The third kappa shape index (κ3) is 3.99. The molecule has 0 spiro atoms. The highest BCUT2D eigenvalue weighted by molar-refractivity contribution is 6.17. The summed E-state index contributed by atoms with van der Waals surface area (Å²) >= 11 is 5.98. The lowest BCUT2D eigenvalue weighted by Gasteiger charge is -2.24. The minimum Gasteiger partial charge on any atom is -0.470 e. The van der Waals surface area contributed by atoms with Crippen LogP contribution in [-0.2, 0) is 5.88 Å². The number of nitrogens with zero attached hydrogens (tertiary/aromatic N) is 3. The summed E-state index contributed by atoms with van der Waals surface area (Å²) in [6.45, 7) is 5.96. The molecule has 1 amide bonds. The quantitative estimate of drug-likeness (QED) is 0.610. The Bertz CT molecular complexity index is 1050. The number of nitrogens with two attached hydrogens (primary N) is 2. The van der Waals surface area contributed by atoms with Crippen molar-refractivity contribution >= 4 is 34.5 Å². The van der Waals surface area contributed by atoms with Gasteiger partial charge in [-0.15, -0.1) is 11.6 Å². The van der Waals surface area contributed by atoms with Gasteiger partial charge in [-0.25, -0.2) is 9.97 Å². The van der Waals surface area contributed by atoms with Crippen LogP contribution in [-0.4, -0.2) is 26.5 Å². The maximum Gasteiger partial charge on any atom is 0.249 e. The summed E-state index contributed by atoms with van der Waals surface area (Å²) in [6.07, 6.45) is 0.783. The molecule has 0 saturated carbocycles. The van der Waals surface area contributed by atoms with Gasteiger partial charge < -0.3 is 16.2 Å². The van der Waals surface area contributed by atoms with E-state index >= 15 is 0 Å². The fraction of sp³-hybridized carbons (Fsp3) is 0.300. The number of aromatic nitrogens is 3. The van der Waals surface area contributed by atoms with Crippen molar-refractivity contribution < 1.29 is 9.53 Å². The number of amides is 1. The van der Waals surface area contributed by atoms with Gasteiger partial charge in [-0.05, 0) is 50.1 Å². The highest BCUT2D eigenvalue weighted by Gasteiger charge is 2.21. The number of ether oxygens (including phenoxy) is 1. The summed E-state index contributed by atoms with van der Waals surface area (Å²) in [4.78, 5) is 24.7. The molecule has 0 aliphatic rings. The average Bonchev–Trinajstić information content (AvgIpc) is 2.66. The highest BCUT2D eigenvalue weighted by Crippen LogP contribution is 2.30. The Morgan fingerprint density at radius 3 is 2.57 bits per heavy atom. The van der Waals surface area contributed by atoms with Crippen LogP contribution in [0.15, 0.2) is 30.3 Å². The Labute approximate surface area is 168 Å². The predicted molar refractivity (Wildman–Crippen MR) is 110 cm³/mol. The lowest BCUT2D eigenvalue weighted by Crippen LogP contribution is -2.27. The molecule has 0 saturated heterocycles. The molecule has 3 aromatic rings. The third-order valence-electron chi connectivity index (χ3n) is 4.56. The van der Waals surface area contributed by atoms with Crippen molar-refractivity contribution in [3.8, 4) is 17.1 Å². The SMILES string of the molecule is CCC(C)(C)Oc1nc(N)nc2ccc(-c3ccc(C(N)=O)c(CCl)c3)nc12. The van der Waals surface area contributed by atoms with E-state index in [0.717, 1.165) is 12.0 Å². The van der Waals surface area contributed by atoms with Crippen molar-refractivity contribution in [3.05, 3.63) is 41.5 Å². The molecule has 3 rings (SSSR count). The molecule has 0 unspecified atom stereocenters. The fourth-order valence-electron chi connectivity index (χ4n) is 2.67. The van der Waals surface area contributed by atoms with Crippen molar-refractivity contribution in [1.82, 2.24) is 15.0 Å². The number of carbonyl (C=O) groups is 1. The zero-order valence-electron chi connectivity index (χ0n) is 16.0. The van der Waals surface area contributed by atoms with Gasteiger partial charge in [0.1, 0.15) is 5.60 Å². The minimum atomic E-state index is -0.518. The minimum absolute atomic E-state index is 0.124. The first-order chi connectivity index (χ1) is 13.2. The second-order valence-corrected chi connectivity index (χ2v) is 7.30. The molecule has 8 heteroatoms. The third-order valence-corrected chi connectivity index (χ3v) is 4.85. The fourth-order valence-corrected chi connectivity index (χ4v) is 2.90. The number of pyridine rings is 1. The molecule has 0 fully saturated rings. The molecule has 4 N–H and O–H groups in total. The Balaban J connectivity index is 2.14. The molecule has 1 aromatic carbocycles. The normalized spacial score (nSPS) is 11.6. The zero-order valence-corrected chi connectivity index (χ0v) is 16.7. The average molecular weight is 400 g/mol. The molecule has 2 heterocycles. The van der Waals surface area contributed by atoms with Crippen molar-refractivity contribution in [2.75, 3.05) is 5.73 Å². The Kier molecular flexibility index (Phi) is 5.38. The van der Waals surface area contributed by atoms with Crippen LogP contribution in [0.25, 0.3) is 22.3 Å². The van der Waals surface area contributed by atoms with Crippen LogP contribution in [0.1, 0.15) is 43.1 Å². The van der Waals surface area contributed by atoms with Crippen molar-refractivity contribution in [2.24, 2.45) is 5.73 Å². The number of alkyl halides is 1. The lowest BCUT2D eigenvalue weighted by molar-refractivity contribution is 0.0997. The number of rotatable bonds is 6. The molecule has 7 nitrogen and oxygen atoms in total. The molecule has 28 heavy (non-hydrogen) atoms. The van der Waals surface area contributed by atoms with Gasteiger partial charge in [0, 0.05) is 17.0 Å². The molecule has 0 radical (unpaired) electrons. The molecule has 0 aliphatic carbocycles. The van der Waals surface area contributed by atoms with Crippen LogP contribution >= 0.6 is 11.6 Å². The first kappa shape index (κ1) is 19.8. The van der Waals surface area contributed by atoms with Crippen LogP contribution < -0.4 is 16.2 Å². The first-order valence-corrected chi connectivity index (χ1v) is 9.40. The Hall–Kier alpha value is -2.93. The van der Waals surface area contributed by atoms with E-state index in [1.54, 1.807) is 18.2 Å². The van der Waals surface area contributed by atoms with E-state index in [1.807, 2.05) is 32.9 Å². The smallest absolute Gasteiger partial charge is 0.249 e. The van der Waals surface area contributed by atoms with Crippen molar-refractivity contribution in [2.45, 2.75) is 38.7 Å². The molecular formula is C20H22ClN5O2. The summed E-state index contributed by atoms with van der Waals surface area (Å²) in [7, 11) is 0. The number of nitrogen functional groups attached to an aromatic ring is 1. The summed E-state index contributed by atoms with van der Waals surface area (Å²) < 4.78 is 6.06. The lowest BCUT2D eigenvalue weighted by atomic mass is 10.0. The van der Waals surface area contributed by atoms with Crippen molar-refractivity contribution in [1.29, 1.82) is 0 Å². The van der Waals surface area contributed by atoms with Crippen molar-refractivity contribution in [3.63, 3.8) is 0 Å². The van der Waals surface area contributed by atoms with E-state index in [2.05, 4.69) is 9.97 Å². The first-order valence-electron chi connectivity index (χ1n) is 8.86. The largest absolute Gasteiger partial charge is 0.470 e. The number of primary amides is 1. The van der Waals surface area contributed by atoms with Crippen LogP contribution in [0.2, 0.25) is 0 Å². The van der Waals surface area contributed by atoms with Gasteiger partial charge >= 0.3 is 0 Å². The number of benzene rings is 1. The van der Waals surface area contributed by atoms with E-state index in [4.69, 9.17) is 32.8 Å². The maximum absolute atomic E-state index is 11.5. The number of halogens is 1. The van der Waals surface area contributed by atoms with Gasteiger partial charge in [-0.2, -0.15) is 4.98 Å². The highest BCUT2D eigenvalue weighted by atomic mass is 35.5. The molecular weight excluding hydrogens is 378 g/mol. The predicted octanol–water partition coefficient (Wildman–Crippen LogP) is 3.68. The van der Waals surface area contributed by atoms with E-state index in [9.17, 15) is 4.79 Å². The van der Waals surface area contributed by atoms with Crippen LogP contribution in [0.3, 0.4) is 0 Å². The zero-order chi connectivity index (χ0) is 20.5. The van der Waals surface area contributed by atoms with Crippen LogP contribution in [0.5, 0.6) is 5.88 Å². The van der Waals surface area contributed by atoms with Gasteiger partial charge in [-0.1, -0.05) is 13.0 Å². The molecule has 0 aliphatic heterocycles. The van der Waals surface area contributed by atoms with E-state index < -0.39 is 11.5 Å². The number of anilines is 1. The summed E-state index contributed by atoms with van der Waals surface area (Å²) in [5.41, 5.74) is 14.4. The number of carbonyl (C=O) groups excluding carboxylic acids is 1. The standard InChI is InChI=1S/C20H22ClN5O2/c1-4-20(2,3)28-18-16-15(25-19(23)26-18)8-7-14(24-16)11-5-6-13(17(22)27)12(9-11)10-21/h5-9H,4,10H2,1-3H3,(H2,22,27)(H2,23,25,26). The summed E-state index contributed by atoms with van der Waals surface area (Å²) in [5.74, 6) is 0.106. The van der Waals surface area contributed by atoms with E-state index in [-0.39, 0.29) is 11.8 Å². The maximum atomic E-state index is 11.5. The Morgan fingerprint density at radius 2 is 1.93 bits per heavy atom. The van der Waals surface area contributed by atoms with E-state index in [1.165, 1.54) is 0 Å². The summed E-state index contributed by atoms with van der Waals surface area (Å²) in [5, 5.41) is 0. The number of fused-ring (bicyclic) bond motifs is 1.